The van der Waals surface area contributed by atoms with E-state index in [1.807, 2.05) is 19.1 Å². The number of aryl methyl sites for hydroxylation is 1. The molecule has 1 heterocycles. The number of benzene rings is 1. The highest BCUT2D eigenvalue weighted by atomic mass is 16.5. The number of nitrogens with one attached hydrogen (secondary N) is 2. The fourth-order valence-corrected chi connectivity index (χ4v) is 2.56. The van der Waals surface area contributed by atoms with Crippen molar-refractivity contribution in [1.82, 2.24) is 15.5 Å². The summed E-state index contributed by atoms with van der Waals surface area (Å²) in [4.78, 5) is 37.4. The van der Waals surface area contributed by atoms with Crippen molar-refractivity contribution in [2.24, 2.45) is 0 Å². The van der Waals surface area contributed by atoms with Gasteiger partial charge in [0.15, 0.2) is 17.3 Å². The third kappa shape index (κ3) is 6.00. The van der Waals surface area contributed by atoms with Gasteiger partial charge in [0, 0.05) is 13.6 Å². The van der Waals surface area contributed by atoms with Gasteiger partial charge in [-0.15, -0.1) is 0 Å². The highest BCUT2D eigenvalue weighted by Gasteiger charge is 2.15. The maximum Gasteiger partial charge on any atom is 0.287 e. The summed E-state index contributed by atoms with van der Waals surface area (Å²) in [6.45, 7) is 1.82. The lowest BCUT2D eigenvalue weighted by Gasteiger charge is -2.20. The van der Waals surface area contributed by atoms with Gasteiger partial charge < -0.3 is 29.4 Å². The van der Waals surface area contributed by atoms with Crippen molar-refractivity contribution in [1.29, 1.82) is 0 Å². The number of methoxy groups -OCH3 is 2. The Morgan fingerprint density at radius 2 is 1.76 bits per heavy atom. The van der Waals surface area contributed by atoms with Crippen molar-refractivity contribution in [2.45, 2.75) is 13.5 Å². The van der Waals surface area contributed by atoms with Crippen LogP contribution in [0.4, 0.5) is 0 Å². The minimum atomic E-state index is -0.502. The molecule has 0 radical (unpaired) electrons. The van der Waals surface area contributed by atoms with Crippen molar-refractivity contribution in [3.05, 3.63) is 47.4 Å². The summed E-state index contributed by atoms with van der Waals surface area (Å²) in [6, 6.07) is 6.72. The SMILES string of the molecule is COc1cc(C)c(CN(C)C(=O)CNC(=O)CNC(=O)c2ccco2)cc1OC. The van der Waals surface area contributed by atoms with Gasteiger partial charge in [0.25, 0.3) is 5.91 Å². The Labute approximate surface area is 169 Å². The molecule has 0 saturated heterocycles. The zero-order valence-corrected chi connectivity index (χ0v) is 16.9. The largest absolute Gasteiger partial charge is 0.493 e. The molecule has 0 bridgehead atoms. The van der Waals surface area contributed by atoms with E-state index < -0.39 is 11.8 Å². The van der Waals surface area contributed by atoms with Crippen molar-refractivity contribution < 1.29 is 28.3 Å². The Morgan fingerprint density at radius 3 is 2.38 bits per heavy atom. The number of carbonyl (C=O) groups is 3. The molecule has 0 spiro atoms. The van der Waals surface area contributed by atoms with E-state index in [1.54, 1.807) is 27.3 Å². The second-order valence-electron chi connectivity index (χ2n) is 6.32. The number of hydrogen-bond acceptors (Lipinski definition) is 6. The lowest BCUT2D eigenvalue weighted by atomic mass is 10.1. The zero-order chi connectivity index (χ0) is 21.4. The van der Waals surface area contributed by atoms with Gasteiger partial charge >= 0.3 is 0 Å². The fraction of sp³-hybridized carbons (Fsp3) is 0.350. The van der Waals surface area contributed by atoms with Gasteiger partial charge in [-0.2, -0.15) is 0 Å². The van der Waals surface area contributed by atoms with Crippen LogP contribution in [0.3, 0.4) is 0 Å². The molecule has 0 saturated carbocycles. The van der Waals surface area contributed by atoms with Gasteiger partial charge in [0.2, 0.25) is 11.8 Å². The molecule has 0 unspecified atom stereocenters. The number of hydrogen-bond donors (Lipinski definition) is 2. The topological polar surface area (TPSA) is 110 Å². The van der Waals surface area contributed by atoms with Crippen molar-refractivity contribution >= 4 is 17.7 Å². The van der Waals surface area contributed by atoms with Crippen LogP contribution in [0.1, 0.15) is 21.7 Å². The van der Waals surface area contributed by atoms with E-state index in [4.69, 9.17) is 13.9 Å². The Bertz CT molecular complexity index is 863. The van der Waals surface area contributed by atoms with E-state index in [9.17, 15) is 14.4 Å². The highest BCUT2D eigenvalue weighted by molar-refractivity contribution is 5.94. The van der Waals surface area contributed by atoms with E-state index in [-0.39, 0.29) is 24.8 Å². The zero-order valence-electron chi connectivity index (χ0n) is 16.9. The Morgan fingerprint density at radius 1 is 1.07 bits per heavy atom. The lowest BCUT2D eigenvalue weighted by molar-refractivity contribution is -0.132. The third-order valence-corrected chi connectivity index (χ3v) is 4.27. The first kappa shape index (κ1) is 21.8. The average molecular weight is 403 g/mol. The number of furan rings is 1. The molecule has 0 aliphatic rings. The lowest BCUT2D eigenvalue weighted by Crippen LogP contribution is -2.42. The normalized spacial score (nSPS) is 10.2. The van der Waals surface area contributed by atoms with Crippen LogP contribution in [-0.2, 0) is 16.1 Å². The van der Waals surface area contributed by atoms with Crippen LogP contribution in [0.5, 0.6) is 11.5 Å². The minimum Gasteiger partial charge on any atom is -0.493 e. The monoisotopic (exact) mass is 403 g/mol. The van der Waals surface area contributed by atoms with Gasteiger partial charge in [-0.1, -0.05) is 0 Å². The second kappa shape index (κ2) is 10.2. The second-order valence-corrected chi connectivity index (χ2v) is 6.32. The quantitative estimate of drug-likeness (QED) is 0.649. The van der Waals surface area contributed by atoms with Gasteiger partial charge in [0.1, 0.15) is 0 Å². The van der Waals surface area contributed by atoms with Gasteiger partial charge in [-0.05, 0) is 42.3 Å². The van der Waals surface area contributed by atoms with Crippen molar-refractivity contribution in [3.63, 3.8) is 0 Å². The average Bonchev–Trinajstić information content (AvgIpc) is 3.26. The van der Waals surface area contributed by atoms with E-state index >= 15 is 0 Å². The molecule has 156 valence electrons. The smallest absolute Gasteiger partial charge is 0.287 e. The number of amides is 3. The van der Waals surface area contributed by atoms with E-state index in [0.717, 1.165) is 11.1 Å². The van der Waals surface area contributed by atoms with Gasteiger partial charge in [0.05, 0.1) is 33.6 Å². The van der Waals surface area contributed by atoms with E-state index in [0.29, 0.717) is 18.0 Å². The molecule has 29 heavy (non-hydrogen) atoms. The molecule has 2 N–H and O–H groups in total. The summed E-state index contributed by atoms with van der Waals surface area (Å²) in [5.41, 5.74) is 1.85. The van der Waals surface area contributed by atoms with Crippen LogP contribution in [0.25, 0.3) is 0 Å². The molecule has 9 nitrogen and oxygen atoms in total. The van der Waals surface area contributed by atoms with E-state index in [2.05, 4.69) is 10.6 Å². The van der Waals surface area contributed by atoms with Crippen LogP contribution in [0.2, 0.25) is 0 Å². The van der Waals surface area contributed by atoms with Crippen LogP contribution in [-0.4, -0.2) is 57.0 Å². The van der Waals surface area contributed by atoms with Gasteiger partial charge in [-0.25, -0.2) is 0 Å². The molecule has 9 heteroatoms. The number of nitrogens with zero attached hydrogens (tertiary/aromatic N) is 1. The van der Waals surface area contributed by atoms with Crippen molar-refractivity contribution in [3.8, 4) is 11.5 Å². The first-order chi connectivity index (χ1) is 13.8. The Balaban J connectivity index is 1.83. The number of carbonyl (C=O) groups excluding carboxylic acids is 3. The predicted octanol–water partition coefficient (Wildman–Crippen LogP) is 1.11. The molecule has 2 rings (SSSR count). The predicted molar refractivity (Wildman–Crippen MR) is 105 cm³/mol. The molecular formula is C20H25N3O6. The summed E-state index contributed by atoms with van der Waals surface area (Å²) in [6.07, 6.45) is 1.36. The Hall–Kier alpha value is -3.49. The fourth-order valence-electron chi connectivity index (χ4n) is 2.56. The molecule has 3 amide bonds. The summed E-state index contributed by atoms with van der Waals surface area (Å²) in [7, 11) is 4.75. The molecule has 0 aliphatic carbocycles. The van der Waals surface area contributed by atoms with E-state index in [1.165, 1.54) is 17.2 Å². The minimum absolute atomic E-state index is 0.110. The molecule has 0 aliphatic heterocycles. The van der Waals surface area contributed by atoms with Crippen LogP contribution < -0.4 is 20.1 Å². The molecule has 0 fully saturated rings. The highest BCUT2D eigenvalue weighted by Crippen LogP contribution is 2.30. The standard InChI is InChI=1S/C20H25N3O6/c1-13-8-16(27-3)17(28-4)9-14(13)12-23(2)19(25)11-21-18(24)10-22-20(26)15-6-5-7-29-15/h5-9H,10-12H2,1-4H3,(H,21,24)(H,22,26). The van der Waals surface area contributed by atoms with Crippen LogP contribution >= 0.6 is 0 Å². The molecular weight excluding hydrogens is 378 g/mol. The third-order valence-electron chi connectivity index (χ3n) is 4.27. The van der Waals surface area contributed by atoms with Crippen LogP contribution in [0.15, 0.2) is 34.9 Å². The number of rotatable bonds is 9. The van der Waals surface area contributed by atoms with Crippen molar-refractivity contribution in [2.75, 3.05) is 34.4 Å². The molecule has 2 aromatic rings. The summed E-state index contributed by atoms with van der Waals surface area (Å²) >= 11 is 0. The maximum absolute atomic E-state index is 12.3. The maximum atomic E-state index is 12.3. The molecule has 0 atom stereocenters. The van der Waals surface area contributed by atoms with Gasteiger partial charge in [-0.3, -0.25) is 14.4 Å². The first-order valence-electron chi connectivity index (χ1n) is 8.89. The Kier molecular flexibility index (Phi) is 7.64. The molecule has 1 aromatic carbocycles. The van der Waals surface area contributed by atoms with Crippen LogP contribution in [0, 0.1) is 6.92 Å². The molecule has 1 aromatic heterocycles. The first-order valence-corrected chi connectivity index (χ1v) is 8.89. The number of likely N-dealkylation sites (N-methyl/N-ethyl adjacent to an activating group) is 1. The summed E-state index contributed by atoms with van der Waals surface area (Å²) in [5.74, 6) is 0.0522. The number of ether oxygens (including phenoxy) is 2. The summed E-state index contributed by atoms with van der Waals surface area (Å²) in [5, 5.41) is 4.90. The summed E-state index contributed by atoms with van der Waals surface area (Å²) < 4.78 is 15.5.